The largest absolute Gasteiger partial charge is 0.312 e. The lowest BCUT2D eigenvalue weighted by Crippen LogP contribution is -2.29. The van der Waals surface area contributed by atoms with E-state index in [4.69, 9.17) is 0 Å². The van der Waals surface area contributed by atoms with Crippen LogP contribution in [0.2, 0.25) is 0 Å². The van der Waals surface area contributed by atoms with E-state index >= 15 is 0 Å². The summed E-state index contributed by atoms with van der Waals surface area (Å²) >= 11 is 0. The molecule has 1 aliphatic heterocycles. The highest BCUT2D eigenvalue weighted by Gasteiger charge is 2.20. The van der Waals surface area contributed by atoms with Gasteiger partial charge in [-0.1, -0.05) is 30.3 Å². The van der Waals surface area contributed by atoms with Crippen LogP contribution < -0.4 is 5.32 Å². The van der Waals surface area contributed by atoms with E-state index in [1.165, 1.54) is 22.8 Å². The first-order valence-electron chi connectivity index (χ1n) is 6.77. The molecular weight excluding hydrogens is 237 g/mol. The average molecular weight is 255 g/mol. The van der Waals surface area contributed by atoms with Crippen molar-refractivity contribution in [2.75, 3.05) is 6.54 Å². The lowest BCUT2D eigenvalue weighted by molar-refractivity contribution is 0.536. The van der Waals surface area contributed by atoms with Gasteiger partial charge in [0.25, 0.3) is 0 Å². The van der Waals surface area contributed by atoms with Crippen LogP contribution in [0.4, 0.5) is 4.39 Å². The summed E-state index contributed by atoms with van der Waals surface area (Å²) < 4.78 is 13.4. The quantitative estimate of drug-likeness (QED) is 0.865. The third-order valence-corrected chi connectivity index (χ3v) is 3.98. The van der Waals surface area contributed by atoms with Gasteiger partial charge in [-0.2, -0.15) is 0 Å². The Kier molecular flexibility index (Phi) is 3.34. The summed E-state index contributed by atoms with van der Waals surface area (Å²) in [5.41, 5.74) is 5.06. The fraction of sp³-hybridized carbons (Fsp3) is 0.294. The highest BCUT2D eigenvalue weighted by molar-refractivity contribution is 5.36. The fourth-order valence-corrected chi connectivity index (χ4v) is 2.89. The molecule has 2 heteroatoms. The second kappa shape index (κ2) is 5.14. The fourth-order valence-electron chi connectivity index (χ4n) is 2.89. The maximum absolute atomic E-state index is 13.4. The normalized spacial score (nSPS) is 18.1. The topological polar surface area (TPSA) is 12.0 Å². The van der Waals surface area contributed by atoms with E-state index in [9.17, 15) is 4.39 Å². The van der Waals surface area contributed by atoms with Gasteiger partial charge >= 0.3 is 0 Å². The zero-order valence-corrected chi connectivity index (χ0v) is 11.1. The molecule has 2 aromatic rings. The van der Waals surface area contributed by atoms with Gasteiger partial charge in [-0.05, 0) is 47.7 Å². The number of benzene rings is 2. The van der Waals surface area contributed by atoms with E-state index < -0.39 is 0 Å². The second-order valence-corrected chi connectivity index (χ2v) is 5.30. The smallest absolute Gasteiger partial charge is 0.123 e. The summed E-state index contributed by atoms with van der Waals surface area (Å²) in [5.74, 6) is 0.295. The number of hydrogen-bond acceptors (Lipinski definition) is 1. The van der Waals surface area contributed by atoms with Crippen molar-refractivity contribution in [1.82, 2.24) is 5.32 Å². The Morgan fingerprint density at radius 1 is 1.21 bits per heavy atom. The van der Waals surface area contributed by atoms with Gasteiger partial charge in [0.2, 0.25) is 0 Å². The molecule has 0 saturated carbocycles. The lowest BCUT2D eigenvalue weighted by atomic mass is 9.85. The first-order valence-corrected chi connectivity index (χ1v) is 6.77. The molecule has 0 amide bonds. The van der Waals surface area contributed by atoms with Gasteiger partial charge in [0.05, 0.1) is 0 Å². The Balaban J connectivity index is 1.90. The molecule has 0 fully saturated rings. The molecule has 0 saturated heterocycles. The molecule has 0 bridgehead atoms. The first kappa shape index (κ1) is 12.4. The van der Waals surface area contributed by atoms with Gasteiger partial charge in [-0.3, -0.25) is 0 Å². The van der Waals surface area contributed by atoms with Gasteiger partial charge in [0.1, 0.15) is 5.82 Å². The van der Waals surface area contributed by atoms with Gasteiger partial charge < -0.3 is 5.32 Å². The standard InChI is InChI=1S/C17H18FN/c1-12-6-7-16(18)9-14(12)8-15-11-19-10-13-4-2-3-5-17(13)15/h2-7,9,15,19H,8,10-11H2,1H3. The molecule has 0 spiro atoms. The lowest BCUT2D eigenvalue weighted by Gasteiger charge is -2.27. The average Bonchev–Trinajstić information content (AvgIpc) is 2.43. The Morgan fingerprint density at radius 2 is 2.05 bits per heavy atom. The molecule has 1 nitrogen and oxygen atoms in total. The zero-order chi connectivity index (χ0) is 13.2. The van der Waals surface area contributed by atoms with Crippen molar-refractivity contribution in [2.24, 2.45) is 0 Å². The third-order valence-electron chi connectivity index (χ3n) is 3.98. The van der Waals surface area contributed by atoms with Gasteiger partial charge in [-0.15, -0.1) is 0 Å². The maximum Gasteiger partial charge on any atom is 0.123 e. The van der Waals surface area contributed by atoms with Gasteiger partial charge in [0.15, 0.2) is 0 Å². The Labute approximate surface area is 113 Å². The van der Waals surface area contributed by atoms with Crippen LogP contribution in [0.15, 0.2) is 42.5 Å². The molecule has 3 rings (SSSR count). The van der Waals surface area contributed by atoms with Crippen molar-refractivity contribution in [1.29, 1.82) is 0 Å². The van der Waals surface area contributed by atoms with Gasteiger partial charge in [-0.25, -0.2) is 4.39 Å². The van der Waals surface area contributed by atoms with Crippen molar-refractivity contribution in [3.63, 3.8) is 0 Å². The van der Waals surface area contributed by atoms with E-state index in [-0.39, 0.29) is 5.82 Å². The van der Waals surface area contributed by atoms with E-state index in [1.807, 2.05) is 6.07 Å². The van der Waals surface area contributed by atoms with Crippen molar-refractivity contribution >= 4 is 0 Å². The van der Waals surface area contributed by atoms with Gasteiger partial charge in [0, 0.05) is 19.0 Å². The number of fused-ring (bicyclic) bond motifs is 1. The summed E-state index contributed by atoms with van der Waals surface area (Å²) in [5, 5.41) is 3.45. The predicted octanol–water partition coefficient (Wildman–Crippen LogP) is 3.56. The van der Waals surface area contributed by atoms with Crippen LogP contribution in [0.1, 0.15) is 28.2 Å². The van der Waals surface area contributed by atoms with E-state index in [0.717, 1.165) is 25.1 Å². The van der Waals surface area contributed by atoms with Crippen molar-refractivity contribution in [3.8, 4) is 0 Å². The molecule has 2 aromatic carbocycles. The number of rotatable bonds is 2. The number of hydrogen-bond donors (Lipinski definition) is 1. The predicted molar refractivity (Wildman–Crippen MR) is 75.7 cm³/mol. The molecule has 1 N–H and O–H groups in total. The maximum atomic E-state index is 13.4. The zero-order valence-electron chi connectivity index (χ0n) is 11.1. The Hall–Kier alpha value is -1.67. The van der Waals surface area contributed by atoms with Crippen LogP contribution in [0.5, 0.6) is 0 Å². The first-order chi connectivity index (χ1) is 9.24. The second-order valence-electron chi connectivity index (χ2n) is 5.30. The molecule has 1 aliphatic rings. The monoisotopic (exact) mass is 255 g/mol. The summed E-state index contributed by atoms with van der Waals surface area (Å²) in [6.07, 6.45) is 0.896. The number of aryl methyl sites for hydroxylation is 1. The Bertz CT molecular complexity index is 592. The molecular formula is C17H18FN. The Morgan fingerprint density at radius 3 is 2.95 bits per heavy atom. The molecule has 1 unspecified atom stereocenters. The van der Waals surface area contributed by atoms with Crippen LogP contribution in [0.3, 0.4) is 0 Å². The molecule has 1 heterocycles. The highest BCUT2D eigenvalue weighted by Crippen LogP contribution is 2.28. The van der Waals surface area contributed by atoms with Crippen molar-refractivity contribution in [2.45, 2.75) is 25.8 Å². The SMILES string of the molecule is Cc1ccc(F)cc1CC1CNCc2ccccc21. The molecule has 98 valence electrons. The minimum absolute atomic E-state index is 0.141. The summed E-state index contributed by atoms with van der Waals surface area (Å²) in [7, 11) is 0. The third kappa shape index (κ3) is 2.54. The number of halogens is 1. The summed E-state index contributed by atoms with van der Waals surface area (Å²) in [4.78, 5) is 0. The minimum Gasteiger partial charge on any atom is -0.312 e. The van der Waals surface area contributed by atoms with Crippen LogP contribution in [-0.2, 0) is 13.0 Å². The van der Waals surface area contributed by atoms with Crippen LogP contribution >= 0.6 is 0 Å². The van der Waals surface area contributed by atoms with Crippen LogP contribution in [0, 0.1) is 12.7 Å². The summed E-state index contributed by atoms with van der Waals surface area (Å²) in [6.45, 7) is 3.96. The minimum atomic E-state index is -0.141. The molecule has 0 aliphatic carbocycles. The molecule has 0 aromatic heterocycles. The van der Waals surface area contributed by atoms with E-state index in [0.29, 0.717) is 5.92 Å². The van der Waals surface area contributed by atoms with Crippen molar-refractivity contribution in [3.05, 3.63) is 70.5 Å². The highest BCUT2D eigenvalue weighted by atomic mass is 19.1. The summed E-state index contributed by atoms with van der Waals surface area (Å²) in [6, 6.07) is 13.6. The van der Waals surface area contributed by atoms with E-state index in [2.05, 4.69) is 36.5 Å². The molecule has 19 heavy (non-hydrogen) atoms. The van der Waals surface area contributed by atoms with Crippen LogP contribution in [0.25, 0.3) is 0 Å². The van der Waals surface area contributed by atoms with Crippen LogP contribution in [-0.4, -0.2) is 6.54 Å². The molecule has 1 atom stereocenters. The van der Waals surface area contributed by atoms with E-state index in [1.54, 1.807) is 6.07 Å². The number of nitrogens with one attached hydrogen (secondary N) is 1. The van der Waals surface area contributed by atoms with Crippen molar-refractivity contribution < 1.29 is 4.39 Å². The molecule has 0 radical (unpaired) electrons.